The monoisotopic (exact) mass is 219 g/mol. The van der Waals surface area contributed by atoms with Crippen molar-refractivity contribution in [1.29, 1.82) is 0 Å². The second-order valence-electron chi connectivity index (χ2n) is 3.35. The van der Waals surface area contributed by atoms with Crippen molar-refractivity contribution < 1.29 is 14.3 Å². The van der Waals surface area contributed by atoms with E-state index in [0.29, 0.717) is 5.75 Å². The Balaban J connectivity index is 3.08. The highest BCUT2D eigenvalue weighted by molar-refractivity contribution is 6.37. The number of primary amides is 1. The summed E-state index contributed by atoms with van der Waals surface area (Å²) in [6, 6.07) is 7.15. The van der Waals surface area contributed by atoms with Crippen molar-refractivity contribution >= 4 is 11.6 Å². The van der Waals surface area contributed by atoms with Crippen molar-refractivity contribution in [3.63, 3.8) is 0 Å². The first-order chi connectivity index (χ1) is 7.60. The van der Waals surface area contributed by atoms with Gasteiger partial charge in [-0.2, -0.15) is 4.79 Å². The van der Waals surface area contributed by atoms with Crippen molar-refractivity contribution in [1.82, 2.24) is 0 Å². The standard InChI is InChI=1S/C11H13N3O2/c1-7(10(14-13)11(12)15)8-4-3-5-9(6-8)16-2/h3-7H,1-2H3,(H2,12,15)/t7-/m1/s1. The lowest BCUT2D eigenvalue weighted by Crippen LogP contribution is -2.28. The third kappa shape index (κ3) is 2.46. The van der Waals surface area contributed by atoms with Crippen molar-refractivity contribution in [3.8, 4) is 5.75 Å². The molecule has 1 aromatic carbocycles. The maximum atomic E-state index is 11.0. The molecule has 1 rings (SSSR count). The smallest absolute Gasteiger partial charge is 0.362 e. The molecule has 1 aromatic rings. The molecular weight excluding hydrogens is 206 g/mol. The van der Waals surface area contributed by atoms with E-state index in [-0.39, 0.29) is 11.6 Å². The number of rotatable bonds is 4. The summed E-state index contributed by atoms with van der Waals surface area (Å²) in [5, 5.41) is 0. The number of nitrogens with zero attached hydrogens (tertiary/aromatic N) is 2. The van der Waals surface area contributed by atoms with Gasteiger partial charge in [-0.3, -0.25) is 4.79 Å². The van der Waals surface area contributed by atoms with Gasteiger partial charge in [0.1, 0.15) is 5.75 Å². The summed E-state index contributed by atoms with van der Waals surface area (Å²) in [6.07, 6.45) is 0. The van der Waals surface area contributed by atoms with Gasteiger partial charge in [0.25, 0.3) is 0 Å². The lowest BCUT2D eigenvalue weighted by Gasteiger charge is -2.07. The Morgan fingerprint density at radius 3 is 2.75 bits per heavy atom. The van der Waals surface area contributed by atoms with Gasteiger partial charge in [-0.1, -0.05) is 12.1 Å². The van der Waals surface area contributed by atoms with Crippen LogP contribution in [0.5, 0.6) is 5.75 Å². The number of amides is 1. The van der Waals surface area contributed by atoms with Crippen LogP contribution in [0.15, 0.2) is 24.3 Å². The Bertz CT molecular complexity index is 450. The molecule has 84 valence electrons. The fourth-order valence-electron chi connectivity index (χ4n) is 1.42. The van der Waals surface area contributed by atoms with E-state index in [1.807, 2.05) is 0 Å². The number of ether oxygens (including phenoxy) is 1. The van der Waals surface area contributed by atoms with Crippen LogP contribution in [0, 0.1) is 0 Å². The number of hydrogen-bond acceptors (Lipinski definition) is 2. The zero-order valence-corrected chi connectivity index (χ0v) is 9.18. The molecule has 0 heterocycles. The molecule has 1 amide bonds. The predicted molar refractivity (Wildman–Crippen MR) is 59.2 cm³/mol. The van der Waals surface area contributed by atoms with Gasteiger partial charge in [0.2, 0.25) is 0 Å². The topological polar surface area (TPSA) is 88.7 Å². The van der Waals surface area contributed by atoms with Crippen LogP contribution in [0.2, 0.25) is 0 Å². The Hall–Kier alpha value is -2.13. The fourth-order valence-corrected chi connectivity index (χ4v) is 1.42. The van der Waals surface area contributed by atoms with E-state index in [0.717, 1.165) is 5.56 Å². The lowest BCUT2D eigenvalue weighted by atomic mass is 9.95. The maximum absolute atomic E-state index is 11.0. The Morgan fingerprint density at radius 1 is 1.56 bits per heavy atom. The number of methoxy groups -OCH3 is 1. The number of benzene rings is 1. The molecule has 0 bridgehead atoms. The molecule has 1 atom stereocenters. The van der Waals surface area contributed by atoms with Crippen molar-refractivity contribution in [2.45, 2.75) is 12.8 Å². The van der Waals surface area contributed by atoms with E-state index >= 15 is 0 Å². The number of carbonyl (C=O) groups is 1. The molecule has 2 N–H and O–H groups in total. The van der Waals surface area contributed by atoms with Crippen LogP contribution in [0.4, 0.5) is 0 Å². The minimum absolute atomic E-state index is 0.0757. The molecule has 16 heavy (non-hydrogen) atoms. The van der Waals surface area contributed by atoms with Gasteiger partial charge in [-0.25, -0.2) is 0 Å². The number of hydrogen-bond donors (Lipinski definition) is 1. The molecule has 0 spiro atoms. The summed E-state index contributed by atoms with van der Waals surface area (Å²) in [6.45, 7) is 1.73. The molecular formula is C11H13N3O2. The fraction of sp³-hybridized carbons (Fsp3) is 0.273. The summed E-state index contributed by atoms with van der Waals surface area (Å²) in [7, 11) is 1.55. The normalized spacial score (nSPS) is 11.4. The quantitative estimate of drug-likeness (QED) is 0.464. The maximum Gasteiger partial charge on any atom is 0.362 e. The molecule has 5 heteroatoms. The molecule has 0 saturated carbocycles. The SMILES string of the molecule is COc1cccc([C@@H](C)C(=[N+]=[N-])C(N)=O)c1. The first-order valence-electron chi connectivity index (χ1n) is 4.75. The lowest BCUT2D eigenvalue weighted by molar-refractivity contribution is -0.116. The molecule has 0 aliphatic rings. The van der Waals surface area contributed by atoms with E-state index in [1.165, 1.54) is 0 Å². The van der Waals surface area contributed by atoms with E-state index < -0.39 is 5.91 Å². The predicted octanol–water partition coefficient (Wildman–Crippen LogP) is 0.955. The van der Waals surface area contributed by atoms with Gasteiger partial charge in [-0.15, -0.1) is 0 Å². The molecule has 0 radical (unpaired) electrons. The van der Waals surface area contributed by atoms with Gasteiger partial charge in [0.05, 0.1) is 13.0 Å². The van der Waals surface area contributed by atoms with Crippen molar-refractivity contribution in [2.75, 3.05) is 7.11 Å². The second-order valence-corrected chi connectivity index (χ2v) is 3.35. The molecule has 0 aromatic heterocycles. The molecule has 0 fully saturated rings. The number of carbonyl (C=O) groups excluding carboxylic acids is 1. The average Bonchev–Trinajstić information content (AvgIpc) is 2.29. The summed E-state index contributed by atoms with van der Waals surface area (Å²) < 4.78 is 5.06. The Morgan fingerprint density at radius 2 is 2.25 bits per heavy atom. The first-order valence-corrected chi connectivity index (χ1v) is 4.75. The first kappa shape index (κ1) is 11.9. The molecule has 0 aliphatic heterocycles. The van der Waals surface area contributed by atoms with E-state index in [1.54, 1.807) is 38.3 Å². The van der Waals surface area contributed by atoms with Crippen LogP contribution in [-0.2, 0) is 4.79 Å². The summed E-state index contributed by atoms with van der Waals surface area (Å²) in [4.78, 5) is 13.9. The van der Waals surface area contributed by atoms with Gasteiger partial charge < -0.3 is 16.0 Å². The summed E-state index contributed by atoms with van der Waals surface area (Å²) in [5.41, 5.74) is 14.5. The van der Waals surface area contributed by atoms with E-state index in [4.69, 9.17) is 16.0 Å². The van der Waals surface area contributed by atoms with Crippen molar-refractivity contribution in [2.24, 2.45) is 5.73 Å². The van der Waals surface area contributed by atoms with Crippen LogP contribution in [0.3, 0.4) is 0 Å². The number of nitrogens with two attached hydrogens (primary N) is 1. The third-order valence-corrected chi connectivity index (χ3v) is 2.36. The molecule has 0 unspecified atom stereocenters. The van der Waals surface area contributed by atoms with Crippen LogP contribution in [0.1, 0.15) is 18.4 Å². The van der Waals surface area contributed by atoms with Gasteiger partial charge >= 0.3 is 11.6 Å². The highest BCUT2D eigenvalue weighted by Crippen LogP contribution is 2.21. The Labute approximate surface area is 93.5 Å². The molecule has 5 nitrogen and oxygen atoms in total. The minimum Gasteiger partial charge on any atom is -0.497 e. The highest BCUT2D eigenvalue weighted by atomic mass is 16.5. The molecule has 0 aliphatic carbocycles. The van der Waals surface area contributed by atoms with Gasteiger partial charge in [0, 0.05) is 0 Å². The Kier molecular flexibility index (Phi) is 3.80. The average molecular weight is 219 g/mol. The summed E-state index contributed by atoms with van der Waals surface area (Å²) in [5.74, 6) is -0.443. The zero-order valence-electron chi connectivity index (χ0n) is 9.18. The second kappa shape index (κ2) is 5.09. The largest absolute Gasteiger partial charge is 0.497 e. The zero-order chi connectivity index (χ0) is 12.1. The highest BCUT2D eigenvalue weighted by Gasteiger charge is 2.26. The van der Waals surface area contributed by atoms with Crippen molar-refractivity contribution in [3.05, 3.63) is 35.4 Å². The van der Waals surface area contributed by atoms with Gasteiger partial charge in [-0.05, 0) is 24.6 Å². The van der Waals surface area contributed by atoms with Crippen LogP contribution >= 0.6 is 0 Å². The summed E-state index contributed by atoms with van der Waals surface area (Å²) >= 11 is 0. The van der Waals surface area contributed by atoms with Crippen LogP contribution < -0.4 is 10.5 Å². The van der Waals surface area contributed by atoms with Gasteiger partial charge in [0.15, 0.2) is 0 Å². The van der Waals surface area contributed by atoms with E-state index in [9.17, 15) is 4.79 Å². The third-order valence-electron chi connectivity index (χ3n) is 2.36. The van der Waals surface area contributed by atoms with E-state index in [2.05, 4.69) is 4.79 Å². The van der Waals surface area contributed by atoms with Crippen LogP contribution in [0.25, 0.3) is 5.53 Å². The molecule has 0 saturated heterocycles. The van der Waals surface area contributed by atoms with Crippen LogP contribution in [-0.4, -0.2) is 23.5 Å². The minimum atomic E-state index is -0.738.